The van der Waals surface area contributed by atoms with Crippen LogP contribution in [0.25, 0.3) is 4.96 Å². The molecule has 3 aromatic heterocycles. The largest absolute Gasteiger partial charge is 0.467 e. The maximum absolute atomic E-state index is 12.8. The number of hydrogen-bond acceptors (Lipinski definition) is 5. The summed E-state index contributed by atoms with van der Waals surface area (Å²) in [6.45, 7) is 2.12. The number of aromatic nitrogens is 2. The van der Waals surface area contributed by atoms with Crippen LogP contribution < -0.4 is 5.32 Å². The van der Waals surface area contributed by atoms with Crippen molar-refractivity contribution >= 4 is 28.0 Å². The second kappa shape index (κ2) is 6.61. The predicted molar refractivity (Wildman–Crippen MR) is 97.6 cm³/mol. The highest BCUT2D eigenvalue weighted by Crippen LogP contribution is 2.25. The molecule has 1 N–H and O–H groups in total. The average Bonchev–Trinajstić information content (AvgIpc) is 3.38. The van der Waals surface area contributed by atoms with Crippen LogP contribution >= 0.6 is 11.3 Å². The number of rotatable bonds is 5. The second-order valence-electron chi connectivity index (χ2n) is 5.74. The van der Waals surface area contributed by atoms with E-state index < -0.39 is 0 Å². The number of furan rings is 1. The fourth-order valence-corrected chi connectivity index (χ4v) is 3.79. The van der Waals surface area contributed by atoms with E-state index in [0.29, 0.717) is 39.1 Å². The highest BCUT2D eigenvalue weighted by atomic mass is 32.1. The van der Waals surface area contributed by atoms with E-state index in [0.717, 1.165) is 0 Å². The third-order valence-electron chi connectivity index (χ3n) is 4.06. The molecule has 0 spiro atoms. The van der Waals surface area contributed by atoms with E-state index in [9.17, 15) is 9.59 Å². The molecular weight excluding hydrogens is 350 g/mol. The Morgan fingerprint density at radius 3 is 2.73 bits per heavy atom. The van der Waals surface area contributed by atoms with Gasteiger partial charge < -0.3 is 9.73 Å². The Bertz CT molecular complexity index is 1080. The minimum Gasteiger partial charge on any atom is -0.467 e. The quantitative estimate of drug-likeness (QED) is 0.550. The van der Waals surface area contributed by atoms with E-state index in [4.69, 9.17) is 4.42 Å². The Labute approximate surface area is 153 Å². The van der Waals surface area contributed by atoms with Crippen LogP contribution in [0.2, 0.25) is 0 Å². The minimum atomic E-state index is -0.215. The van der Waals surface area contributed by atoms with E-state index in [2.05, 4.69) is 10.3 Å². The number of nitrogens with one attached hydrogen (secondary N) is 1. The van der Waals surface area contributed by atoms with Gasteiger partial charge in [0.05, 0.1) is 19.0 Å². The number of amides is 1. The summed E-state index contributed by atoms with van der Waals surface area (Å²) in [6, 6.07) is 12.6. The molecule has 6 nitrogen and oxygen atoms in total. The summed E-state index contributed by atoms with van der Waals surface area (Å²) in [6.07, 6.45) is 3.12. The lowest BCUT2D eigenvalue weighted by Gasteiger charge is -2.04. The van der Waals surface area contributed by atoms with E-state index in [1.165, 1.54) is 11.3 Å². The maximum Gasteiger partial charge on any atom is 0.263 e. The van der Waals surface area contributed by atoms with E-state index in [-0.39, 0.29) is 11.7 Å². The lowest BCUT2D eigenvalue weighted by molar-refractivity contribution is 0.0949. The third-order valence-corrected chi connectivity index (χ3v) is 5.22. The van der Waals surface area contributed by atoms with Crippen LogP contribution in [-0.2, 0) is 6.54 Å². The van der Waals surface area contributed by atoms with Crippen LogP contribution in [0.3, 0.4) is 0 Å². The Morgan fingerprint density at radius 2 is 2.00 bits per heavy atom. The van der Waals surface area contributed by atoms with Gasteiger partial charge in [0.25, 0.3) is 5.91 Å². The number of imidazole rings is 1. The summed E-state index contributed by atoms with van der Waals surface area (Å²) < 4.78 is 6.96. The molecule has 0 aliphatic carbocycles. The van der Waals surface area contributed by atoms with E-state index in [1.807, 2.05) is 25.1 Å². The summed E-state index contributed by atoms with van der Waals surface area (Å²) in [4.78, 5) is 30.7. The summed E-state index contributed by atoms with van der Waals surface area (Å²) in [7, 11) is 0. The number of benzene rings is 1. The van der Waals surface area contributed by atoms with Crippen molar-refractivity contribution in [3.63, 3.8) is 0 Å². The molecule has 0 atom stereocenters. The molecule has 26 heavy (non-hydrogen) atoms. The molecule has 0 bridgehead atoms. The summed E-state index contributed by atoms with van der Waals surface area (Å²) >= 11 is 1.26. The number of hydrogen-bond donors (Lipinski definition) is 1. The topological polar surface area (TPSA) is 76.6 Å². The van der Waals surface area contributed by atoms with Gasteiger partial charge in [-0.05, 0) is 19.1 Å². The van der Waals surface area contributed by atoms with Gasteiger partial charge in [-0.3, -0.25) is 14.0 Å². The van der Waals surface area contributed by atoms with Gasteiger partial charge in [0.1, 0.15) is 16.3 Å². The highest BCUT2D eigenvalue weighted by molar-refractivity contribution is 7.19. The van der Waals surface area contributed by atoms with Crippen molar-refractivity contribution in [3.05, 3.63) is 82.5 Å². The van der Waals surface area contributed by atoms with Crippen LogP contribution in [0.1, 0.15) is 37.2 Å². The van der Waals surface area contributed by atoms with Gasteiger partial charge in [0.15, 0.2) is 4.96 Å². The molecule has 0 aliphatic heterocycles. The van der Waals surface area contributed by atoms with E-state index >= 15 is 0 Å². The molecule has 7 heteroatoms. The number of thiazole rings is 1. The number of aryl methyl sites for hydroxylation is 1. The monoisotopic (exact) mass is 365 g/mol. The SMILES string of the molecule is Cc1c(C(=O)NCc2ccco2)sc2ncc(C(=O)c3ccccc3)n12. The minimum absolute atomic E-state index is 0.124. The molecule has 0 fully saturated rings. The first-order valence-corrected chi connectivity index (χ1v) is 8.84. The fraction of sp³-hybridized carbons (Fsp3) is 0.105. The molecule has 1 aromatic carbocycles. The third kappa shape index (κ3) is 2.82. The molecule has 4 aromatic rings. The van der Waals surface area contributed by atoms with Crippen molar-refractivity contribution < 1.29 is 14.0 Å². The zero-order valence-electron chi connectivity index (χ0n) is 13.9. The predicted octanol–water partition coefficient (Wildman–Crippen LogP) is 3.46. The fourth-order valence-electron chi connectivity index (χ4n) is 2.77. The standard InChI is InChI=1S/C19H15N3O3S/c1-12-17(18(24)20-10-14-8-5-9-25-14)26-19-21-11-15(22(12)19)16(23)13-6-3-2-4-7-13/h2-9,11H,10H2,1H3,(H,20,24). The first-order valence-electron chi connectivity index (χ1n) is 8.02. The van der Waals surface area contributed by atoms with Crippen molar-refractivity contribution in [1.82, 2.24) is 14.7 Å². The number of carbonyl (C=O) groups is 2. The average molecular weight is 365 g/mol. The van der Waals surface area contributed by atoms with Crippen molar-refractivity contribution in [2.24, 2.45) is 0 Å². The van der Waals surface area contributed by atoms with Crippen molar-refractivity contribution in [3.8, 4) is 0 Å². The molecule has 0 aliphatic rings. The Morgan fingerprint density at radius 1 is 1.19 bits per heavy atom. The van der Waals surface area contributed by atoms with Crippen molar-refractivity contribution in [1.29, 1.82) is 0 Å². The van der Waals surface area contributed by atoms with Crippen molar-refractivity contribution in [2.45, 2.75) is 13.5 Å². The van der Waals surface area contributed by atoms with Crippen LogP contribution in [0, 0.1) is 6.92 Å². The molecule has 130 valence electrons. The summed E-state index contributed by atoms with van der Waals surface area (Å²) in [5, 5.41) is 2.83. The number of carbonyl (C=O) groups excluding carboxylic acids is 2. The van der Waals surface area contributed by atoms with Gasteiger partial charge in [0.2, 0.25) is 5.78 Å². The Hall–Kier alpha value is -3.19. The molecule has 4 rings (SSSR count). The normalized spacial score (nSPS) is 11.0. The molecule has 0 saturated carbocycles. The first kappa shape index (κ1) is 16.3. The number of nitrogens with zero attached hydrogens (tertiary/aromatic N) is 2. The van der Waals surface area contributed by atoms with Crippen LogP contribution in [0.4, 0.5) is 0 Å². The summed E-state index contributed by atoms with van der Waals surface area (Å²) in [5.74, 6) is 0.339. The van der Waals surface area contributed by atoms with Crippen molar-refractivity contribution in [2.75, 3.05) is 0 Å². The zero-order chi connectivity index (χ0) is 18.1. The molecule has 0 unspecified atom stereocenters. The molecule has 1 amide bonds. The van der Waals surface area contributed by atoms with Gasteiger partial charge in [-0.2, -0.15) is 0 Å². The van der Waals surface area contributed by atoms with Gasteiger partial charge in [-0.25, -0.2) is 4.98 Å². The Kier molecular flexibility index (Phi) is 4.14. The van der Waals surface area contributed by atoms with Gasteiger partial charge in [-0.1, -0.05) is 41.7 Å². The molecule has 0 radical (unpaired) electrons. The first-order chi connectivity index (χ1) is 12.6. The zero-order valence-corrected chi connectivity index (χ0v) is 14.7. The van der Waals surface area contributed by atoms with Gasteiger partial charge in [0, 0.05) is 11.3 Å². The van der Waals surface area contributed by atoms with Crippen LogP contribution in [0.5, 0.6) is 0 Å². The van der Waals surface area contributed by atoms with Gasteiger partial charge >= 0.3 is 0 Å². The highest BCUT2D eigenvalue weighted by Gasteiger charge is 2.22. The van der Waals surface area contributed by atoms with E-state index in [1.54, 1.807) is 41.1 Å². The lowest BCUT2D eigenvalue weighted by Crippen LogP contribution is -2.22. The van der Waals surface area contributed by atoms with Crippen LogP contribution in [0.15, 0.2) is 59.3 Å². The smallest absolute Gasteiger partial charge is 0.263 e. The summed E-state index contributed by atoms with van der Waals surface area (Å²) in [5.41, 5.74) is 1.73. The number of fused-ring (bicyclic) bond motifs is 1. The number of ketones is 1. The Balaban J connectivity index is 1.64. The molecular formula is C19H15N3O3S. The molecule has 0 saturated heterocycles. The molecule has 3 heterocycles. The maximum atomic E-state index is 12.8. The van der Waals surface area contributed by atoms with Gasteiger partial charge in [-0.15, -0.1) is 0 Å². The van der Waals surface area contributed by atoms with Crippen LogP contribution in [-0.4, -0.2) is 21.1 Å². The second-order valence-corrected chi connectivity index (χ2v) is 6.71. The lowest BCUT2D eigenvalue weighted by atomic mass is 10.1.